The lowest BCUT2D eigenvalue weighted by Gasteiger charge is -2.25. The van der Waals surface area contributed by atoms with Crippen LogP contribution < -0.4 is 4.90 Å². The summed E-state index contributed by atoms with van der Waals surface area (Å²) < 4.78 is 2.20. The van der Waals surface area contributed by atoms with Crippen molar-refractivity contribution < 1.29 is 0 Å². The number of hydrogen-bond donors (Lipinski definition) is 0. The molecule has 2 fully saturated rings. The van der Waals surface area contributed by atoms with Gasteiger partial charge in [0, 0.05) is 36.1 Å². The lowest BCUT2D eigenvalue weighted by molar-refractivity contribution is 0.663. The third-order valence-electron chi connectivity index (χ3n) is 5.52. The van der Waals surface area contributed by atoms with Crippen molar-refractivity contribution in [2.75, 3.05) is 24.2 Å². The average Bonchev–Trinajstić information content (AvgIpc) is 3.61. The molecule has 0 N–H and O–H groups in total. The molecule has 5 rings (SSSR count). The van der Waals surface area contributed by atoms with Gasteiger partial charge in [0.1, 0.15) is 16.5 Å². The van der Waals surface area contributed by atoms with Crippen molar-refractivity contribution in [1.29, 1.82) is 0 Å². The summed E-state index contributed by atoms with van der Waals surface area (Å²) in [7, 11) is 0. The van der Waals surface area contributed by atoms with Crippen LogP contribution in [0, 0.1) is 11.8 Å². The van der Waals surface area contributed by atoms with Crippen LogP contribution in [-0.4, -0.2) is 33.7 Å². The molecule has 2 aliphatic rings. The molecule has 28 heavy (non-hydrogen) atoms. The lowest BCUT2D eigenvalue weighted by atomic mass is 10.1. The van der Waals surface area contributed by atoms with Crippen molar-refractivity contribution in [2.45, 2.75) is 30.7 Å². The number of aromatic nitrogens is 3. The molecule has 2 aliphatic carbocycles. The number of fused-ring (bicyclic) bond motifs is 1. The number of imidazole rings is 1. The van der Waals surface area contributed by atoms with Crippen molar-refractivity contribution in [2.24, 2.45) is 11.8 Å². The van der Waals surface area contributed by atoms with Crippen molar-refractivity contribution in [3.05, 3.63) is 40.6 Å². The molecule has 1 aromatic carbocycles. The standard InChI is InChI=1S/C21H22Cl2N4S/c1-28-20-21(26(11-13-2-3-13)12-14-4-5-14)27-9-8-24-18(19(27)25-20)16-7-6-15(22)10-17(16)23/h6-10,13-14H,2-5,11-12H2,1H3. The average molecular weight is 433 g/mol. The predicted octanol–water partition coefficient (Wildman–Crippen LogP) is 6.05. The van der Waals surface area contributed by atoms with Gasteiger partial charge in [0.15, 0.2) is 5.65 Å². The Labute approximate surface area is 179 Å². The van der Waals surface area contributed by atoms with Gasteiger partial charge in [-0.25, -0.2) is 4.98 Å². The molecule has 2 aromatic heterocycles. The number of benzene rings is 1. The first-order valence-electron chi connectivity index (χ1n) is 9.75. The fourth-order valence-corrected chi connectivity index (χ4v) is 4.80. The van der Waals surface area contributed by atoms with Crippen molar-refractivity contribution in [3.8, 4) is 11.3 Å². The van der Waals surface area contributed by atoms with E-state index >= 15 is 0 Å². The van der Waals surface area contributed by atoms with E-state index in [1.54, 1.807) is 17.8 Å². The fraction of sp³-hybridized carbons (Fsp3) is 0.429. The van der Waals surface area contributed by atoms with E-state index < -0.39 is 0 Å². The van der Waals surface area contributed by atoms with Gasteiger partial charge >= 0.3 is 0 Å². The van der Waals surface area contributed by atoms with E-state index in [2.05, 4.69) is 20.5 Å². The Morgan fingerprint density at radius 3 is 2.46 bits per heavy atom. The largest absolute Gasteiger partial charge is 0.355 e. The SMILES string of the molecule is CSc1nc2c(-c3ccc(Cl)cc3Cl)nccn2c1N(CC1CC1)CC1CC1. The van der Waals surface area contributed by atoms with Gasteiger partial charge in [0.05, 0.1) is 5.02 Å². The van der Waals surface area contributed by atoms with E-state index in [0.29, 0.717) is 10.0 Å². The van der Waals surface area contributed by atoms with Crippen LogP contribution in [0.1, 0.15) is 25.7 Å². The summed E-state index contributed by atoms with van der Waals surface area (Å²) in [4.78, 5) is 12.2. The summed E-state index contributed by atoms with van der Waals surface area (Å²) in [6.07, 6.45) is 11.4. The number of halogens is 2. The predicted molar refractivity (Wildman–Crippen MR) is 118 cm³/mol. The molecule has 0 spiro atoms. The van der Waals surface area contributed by atoms with E-state index in [1.807, 2.05) is 24.5 Å². The summed E-state index contributed by atoms with van der Waals surface area (Å²) in [5, 5.41) is 2.27. The Balaban J connectivity index is 1.65. The highest BCUT2D eigenvalue weighted by Gasteiger charge is 2.32. The number of rotatable bonds is 7. The molecule has 0 atom stereocenters. The molecule has 7 heteroatoms. The normalized spacial score (nSPS) is 16.7. The minimum atomic E-state index is 0.594. The maximum absolute atomic E-state index is 6.48. The lowest BCUT2D eigenvalue weighted by Crippen LogP contribution is -2.29. The van der Waals surface area contributed by atoms with Crippen LogP contribution >= 0.6 is 35.0 Å². The minimum Gasteiger partial charge on any atom is -0.355 e. The van der Waals surface area contributed by atoms with E-state index in [4.69, 9.17) is 28.2 Å². The van der Waals surface area contributed by atoms with Crippen molar-refractivity contribution in [3.63, 3.8) is 0 Å². The first-order chi connectivity index (χ1) is 13.6. The monoisotopic (exact) mass is 432 g/mol. The van der Waals surface area contributed by atoms with E-state index in [1.165, 1.54) is 31.5 Å². The van der Waals surface area contributed by atoms with Crippen LogP contribution in [0.5, 0.6) is 0 Å². The molecule has 2 saturated carbocycles. The topological polar surface area (TPSA) is 33.4 Å². The molecular weight excluding hydrogens is 411 g/mol. The minimum absolute atomic E-state index is 0.594. The zero-order chi connectivity index (χ0) is 19.3. The number of thioether (sulfide) groups is 1. The molecule has 3 aromatic rings. The van der Waals surface area contributed by atoms with Crippen LogP contribution in [0.3, 0.4) is 0 Å². The zero-order valence-corrected chi connectivity index (χ0v) is 18.1. The van der Waals surface area contributed by atoms with Crippen LogP contribution in [-0.2, 0) is 0 Å². The van der Waals surface area contributed by atoms with Gasteiger partial charge in [-0.3, -0.25) is 9.38 Å². The Hall–Kier alpha value is -1.43. The van der Waals surface area contributed by atoms with Gasteiger partial charge in [-0.05, 0) is 62.0 Å². The molecule has 2 heterocycles. The third-order valence-corrected chi connectivity index (χ3v) is 6.72. The first-order valence-corrected chi connectivity index (χ1v) is 11.7. The second-order valence-electron chi connectivity index (χ2n) is 7.83. The van der Waals surface area contributed by atoms with Gasteiger partial charge < -0.3 is 4.90 Å². The highest BCUT2D eigenvalue weighted by atomic mass is 35.5. The van der Waals surface area contributed by atoms with Crippen LogP contribution in [0.2, 0.25) is 10.0 Å². The number of nitrogens with zero attached hydrogens (tertiary/aromatic N) is 4. The van der Waals surface area contributed by atoms with Gasteiger partial charge in [-0.1, -0.05) is 23.2 Å². The van der Waals surface area contributed by atoms with E-state index in [-0.39, 0.29) is 0 Å². The van der Waals surface area contributed by atoms with Gasteiger partial charge in [-0.2, -0.15) is 0 Å². The zero-order valence-electron chi connectivity index (χ0n) is 15.7. The molecule has 4 nitrogen and oxygen atoms in total. The Bertz CT molecular complexity index is 1010. The second-order valence-corrected chi connectivity index (χ2v) is 9.47. The van der Waals surface area contributed by atoms with Crippen molar-refractivity contribution in [1.82, 2.24) is 14.4 Å². The summed E-state index contributed by atoms with van der Waals surface area (Å²) in [6.45, 7) is 2.24. The molecule has 146 valence electrons. The van der Waals surface area contributed by atoms with Crippen LogP contribution in [0.4, 0.5) is 5.82 Å². The van der Waals surface area contributed by atoms with Gasteiger partial charge in [0.25, 0.3) is 0 Å². The Morgan fingerprint density at radius 1 is 1.14 bits per heavy atom. The van der Waals surface area contributed by atoms with Crippen molar-refractivity contribution >= 4 is 46.4 Å². The Kier molecular flexibility index (Phi) is 4.93. The number of hydrogen-bond acceptors (Lipinski definition) is 4. The first kappa shape index (κ1) is 18.6. The molecule has 0 unspecified atom stereocenters. The van der Waals surface area contributed by atoms with Crippen LogP contribution in [0.25, 0.3) is 16.9 Å². The molecule has 0 radical (unpaired) electrons. The maximum Gasteiger partial charge on any atom is 0.166 e. The summed E-state index contributed by atoms with van der Waals surface area (Å²) in [5.41, 5.74) is 2.50. The second kappa shape index (κ2) is 7.43. The summed E-state index contributed by atoms with van der Waals surface area (Å²) in [6, 6.07) is 5.53. The molecule has 0 aliphatic heterocycles. The highest BCUT2D eigenvalue weighted by Crippen LogP contribution is 2.40. The molecular formula is C21H22Cl2N4S. The quantitative estimate of drug-likeness (QED) is 0.425. The molecule has 0 amide bonds. The van der Waals surface area contributed by atoms with E-state index in [9.17, 15) is 0 Å². The van der Waals surface area contributed by atoms with Gasteiger partial charge in [0.2, 0.25) is 0 Å². The number of anilines is 1. The molecule has 0 saturated heterocycles. The maximum atomic E-state index is 6.48. The Morgan fingerprint density at radius 2 is 1.86 bits per heavy atom. The van der Waals surface area contributed by atoms with E-state index in [0.717, 1.165) is 46.9 Å². The summed E-state index contributed by atoms with van der Waals surface area (Å²) >= 11 is 14.3. The summed E-state index contributed by atoms with van der Waals surface area (Å²) in [5.74, 6) is 2.85. The van der Waals surface area contributed by atoms with Crippen LogP contribution in [0.15, 0.2) is 35.6 Å². The fourth-order valence-electron chi connectivity index (χ4n) is 3.71. The molecule has 0 bridgehead atoms. The smallest absolute Gasteiger partial charge is 0.166 e. The highest BCUT2D eigenvalue weighted by molar-refractivity contribution is 7.98. The van der Waals surface area contributed by atoms with Gasteiger partial charge in [-0.15, -0.1) is 11.8 Å². The third kappa shape index (κ3) is 3.60.